The van der Waals surface area contributed by atoms with Gasteiger partial charge in [-0.25, -0.2) is 8.42 Å². The number of fused-ring (bicyclic) bond motifs is 1. The van der Waals surface area contributed by atoms with Crippen LogP contribution in [0.2, 0.25) is 0 Å². The van der Waals surface area contributed by atoms with Crippen molar-refractivity contribution in [3.05, 3.63) is 36.2 Å². The maximum absolute atomic E-state index is 11.6. The van der Waals surface area contributed by atoms with Crippen LogP contribution in [-0.4, -0.2) is 49.6 Å². The van der Waals surface area contributed by atoms with Crippen molar-refractivity contribution >= 4 is 21.2 Å². The second kappa shape index (κ2) is 4.79. The Bertz CT molecular complexity index is 728. The zero-order chi connectivity index (χ0) is 14.3. The minimum atomic E-state index is -3.07. The number of nitrogens with zero attached hydrogens (tertiary/aromatic N) is 3. The van der Waals surface area contributed by atoms with Crippen LogP contribution in [0.5, 0.6) is 0 Å². The summed E-state index contributed by atoms with van der Waals surface area (Å²) < 4.78 is 26.8. The van der Waals surface area contributed by atoms with Crippen molar-refractivity contribution < 1.29 is 8.42 Å². The molecular weight excluding hydrogens is 274 g/mol. The van der Waals surface area contributed by atoms with E-state index in [1.807, 2.05) is 12.3 Å². The highest BCUT2D eigenvalue weighted by atomic mass is 32.2. The third-order valence-corrected chi connectivity index (χ3v) is 5.10. The highest BCUT2D eigenvalue weighted by Gasteiger charge is 2.24. The van der Waals surface area contributed by atoms with Gasteiger partial charge in [0.05, 0.1) is 17.5 Å². The van der Waals surface area contributed by atoms with Crippen molar-refractivity contribution in [1.29, 1.82) is 0 Å². The van der Waals surface area contributed by atoms with E-state index < -0.39 is 10.0 Å². The van der Waals surface area contributed by atoms with Gasteiger partial charge in [-0.3, -0.25) is 0 Å². The predicted molar refractivity (Wildman–Crippen MR) is 80.8 cm³/mol. The number of anilines is 1. The zero-order valence-corrected chi connectivity index (χ0v) is 12.6. The van der Waals surface area contributed by atoms with E-state index in [9.17, 15) is 8.42 Å². The summed E-state index contributed by atoms with van der Waals surface area (Å²) in [7, 11) is -3.07. The van der Waals surface area contributed by atoms with Crippen molar-refractivity contribution in [3.63, 3.8) is 0 Å². The Balaban J connectivity index is 1.89. The number of hydrogen-bond donors (Lipinski definition) is 0. The summed E-state index contributed by atoms with van der Waals surface area (Å²) in [4.78, 5) is 2.27. The van der Waals surface area contributed by atoms with Gasteiger partial charge in [-0.1, -0.05) is 0 Å². The van der Waals surface area contributed by atoms with Crippen LogP contribution in [-0.2, 0) is 10.0 Å². The fraction of sp³-hybridized carbons (Fsp3) is 0.429. The summed E-state index contributed by atoms with van der Waals surface area (Å²) in [6.45, 7) is 4.66. The molecule has 2 aromatic rings. The SMILES string of the molecule is Cc1cc(N2CCN(S(C)(=O)=O)CC2)c2cccn2c1. The first kappa shape index (κ1) is 13.5. The summed E-state index contributed by atoms with van der Waals surface area (Å²) in [6.07, 6.45) is 5.42. The Hall–Kier alpha value is -1.53. The van der Waals surface area contributed by atoms with Crippen LogP contribution in [0.4, 0.5) is 5.69 Å². The summed E-state index contributed by atoms with van der Waals surface area (Å²) in [5, 5.41) is 0. The average Bonchev–Trinajstić information content (AvgIpc) is 2.85. The predicted octanol–water partition coefficient (Wildman–Crippen LogP) is 1.33. The Kier molecular flexibility index (Phi) is 3.22. The lowest BCUT2D eigenvalue weighted by Gasteiger charge is -2.35. The first-order chi connectivity index (χ1) is 9.45. The van der Waals surface area contributed by atoms with E-state index in [1.54, 1.807) is 4.31 Å². The van der Waals surface area contributed by atoms with Gasteiger partial charge in [-0.05, 0) is 30.7 Å². The smallest absolute Gasteiger partial charge is 0.211 e. The van der Waals surface area contributed by atoms with Crippen LogP contribution in [0, 0.1) is 6.92 Å². The fourth-order valence-corrected chi connectivity index (χ4v) is 3.61. The van der Waals surface area contributed by atoms with Crippen LogP contribution in [0.25, 0.3) is 5.52 Å². The molecule has 1 aliphatic rings. The average molecular weight is 293 g/mol. The van der Waals surface area contributed by atoms with Gasteiger partial charge >= 0.3 is 0 Å². The molecular formula is C14H19N3O2S. The molecule has 5 nitrogen and oxygen atoms in total. The third-order valence-electron chi connectivity index (χ3n) is 3.80. The molecule has 3 heterocycles. The highest BCUT2D eigenvalue weighted by molar-refractivity contribution is 7.88. The number of pyridine rings is 1. The molecule has 0 aromatic carbocycles. The molecule has 6 heteroatoms. The molecule has 0 amide bonds. The Labute approximate surface area is 119 Å². The standard InChI is InChI=1S/C14H19N3O2S/c1-12-10-14(13-4-3-5-16(13)11-12)15-6-8-17(9-7-15)20(2,18)19/h3-5,10-11H,6-9H2,1-2H3. The summed E-state index contributed by atoms with van der Waals surface area (Å²) in [5.74, 6) is 0. The molecule has 0 atom stereocenters. The summed E-state index contributed by atoms with van der Waals surface area (Å²) in [5.41, 5.74) is 3.56. The molecule has 0 saturated carbocycles. The first-order valence-corrected chi connectivity index (χ1v) is 8.57. The summed E-state index contributed by atoms with van der Waals surface area (Å²) >= 11 is 0. The second-order valence-electron chi connectivity index (χ2n) is 5.35. The number of piperazine rings is 1. The van der Waals surface area contributed by atoms with Gasteiger partial charge in [0.2, 0.25) is 10.0 Å². The lowest BCUT2D eigenvalue weighted by Crippen LogP contribution is -2.48. The van der Waals surface area contributed by atoms with E-state index in [-0.39, 0.29) is 0 Å². The van der Waals surface area contributed by atoms with Gasteiger partial charge in [0.25, 0.3) is 0 Å². The lowest BCUT2D eigenvalue weighted by molar-refractivity contribution is 0.388. The molecule has 108 valence electrons. The molecule has 1 aliphatic heterocycles. The van der Waals surface area contributed by atoms with Crippen molar-refractivity contribution in [2.24, 2.45) is 0 Å². The molecule has 0 bridgehead atoms. The van der Waals surface area contributed by atoms with E-state index in [1.165, 1.54) is 23.0 Å². The maximum Gasteiger partial charge on any atom is 0.211 e. The van der Waals surface area contributed by atoms with Gasteiger partial charge in [-0.2, -0.15) is 4.31 Å². The molecule has 0 radical (unpaired) electrons. The number of hydrogen-bond acceptors (Lipinski definition) is 3. The zero-order valence-electron chi connectivity index (χ0n) is 11.8. The first-order valence-electron chi connectivity index (χ1n) is 6.72. The van der Waals surface area contributed by atoms with Crippen LogP contribution < -0.4 is 4.90 Å². The third kappa shape index (κ3) is 2.41. The van der Waals surface area contributed by atoms with Crippen LogP contribution in [0.15, 0.2) is 30.6 Å². The molecule has 1 fully saturated rings. The van der Waals surface area contributed by atoms with Gasteiger partial charge < -0.3 is 9.30 Å². The van der Waals surface area contributed by atoms with E-state index in [4.69, 9.17) is 0 Å². The second-order valence-corrected chi connectivity index (χ2v) is 7.33. The molecule has 3 rings (SSSR count). The van der Waals surface area contributed by atoms with Crippen LogP contribution >= 0.6 is 0 Å². The number of aromatic nitrogens is 1. The van der Waals surface area contributed by atoms with E-state index in [2.05, 4.69) is 34.6 Å². The Morgan fingerprint density at radius 2 is 1.85 bits per heavy atom. The van der Waals surface area contributed by atoms with Crippen molar-refractivity contribution in [1.82, 2.24) is 8.71 Å². The van der Waals surface area contributed by atoms with E-state index in [0.29, 0.717) is 13.1 Å². The fourth-order valence-electron chi connectivity index (χ4n) is 2.78. The van der Waals surface area contributed by atoms with Gasteiger partial charge in [-0.15, -0.1) is 0 Å². The van der Waals surface area contributed by atoms with Gasteiger partial charge in [0.15, 0.2) is 0 Å². The van der Waals surface area contributed by atoms with E-state index in [0.717, 1.165) is 13.1 Å². The van der Waals surface area contributed by atoms with Crippen molar-refractivity contribution in [2.75, 3.05) is 37.3 Å². The van der Waals surface area contributed by atoms with Crippen LogP contribution in [0.1, 0.15) is 5.56 Å². The molecule has 20 heavy (non-hydrogen) atoms. The number of rotatable bonds is 2. The molecule has 0 aliphatic carbocycles. The molecule has 0 unspecified atom stereocenters. The highest BCUT2D eigenvalue weighted by Crippen LogP contribution is 2.25. The van der Waals surface area contributed by atoms with Gasteiger partial charge in [0, 0.05) is 38.6 Å². The van der Waals surface area contributed by atoms with Crippen molar-refractivity contribution in [3.8, 4) is 0 Å². The summed E-state index contributed by atoms with van der Waals surface area (Å²) in [6, 6.07) is 6.30. The molecule has 0 spiro atoms. The minimum absolute atomic E-state index is 0.555. The number of aryl methyl sites for hydroxylation is 1. The maximum atomic E-state index is 11.6. The topological polar surface area (TPSA) is 45.0 Å². The number of sulfonamides is 1. The largest absolute Gasteiger partial charge is 0.367 e. The van der Waals surface area contributed by atoms with Crippen LogP contribution in [0.3, 0.4) is 0 Å². The van der Waals surface area contributed by atoms with E-state index >= 15 is 0 Å². The molecule has 1 saturated heterocycles. The van der Waals surface area contributed by atoms with Crippen molar-refractivity contribution in [2.45, 2.75) is 6.92 Å². The quantitative estimate of drug-likeness (QED) is 0.839. The Morgan fingerprint density at radius 1 is 1.15 bits per heavy atom. The minimum Gasteiger partial charge on any atom is -0.367 e. The monoisotopic (exact) mass is 293 g/mol. The lowest BCUT2D eigenvalue weighted by atomic mass is 10.2. The Morgan fingerprint density at radius 3 is 2.50 bits per heavy atom. The molecule has 2 aromatic heterocycles. The normalized spacial score (nSPS) is 17.8. The molecule has 0 N–H and O–H groups in total. The van der Waals surface area contributed by atoms with Gasteiger partial charge in [0.1, 0.15) is 0 Å².